The number of aliphatic hydroxyl groups excluding tert-OH is 1. The van der Waals surface area contributed by atoms with Crippen LogP contribution in [0.2, 0.25) is 0 Å². The fourth-order valence-electron chi connectivity index (χ4n) is 2.06. The molecule has 0 spiro atoms. The van der Waals surface area contributed by atoms with E-state index in [2.05, 4.69) is 20.4 Å². The summed E-state index contributed by atoms with van der Waals surface area (Å²) in [5.74, 6) is -3.29. The normalized spacial score (nSPS) is 20.2. The number of nitrogens with zero attached hydrogens (tertiary/aromatic N) is 3. The lowest BCUT2D eigenvalue weighted by molar-refractivity contribution is -0.192. The van der Waals surface area contributed by atoms with Gasteiger partial charge in [-0.1, -0.05) is 5.21 Å². The average Bonchev–Trinajstić information content (AvgIpc) is 3.27. The molecule has 1 aromatic heterocycles. The number of rotatable bonds is 7. The van der Waals surface area contributed by atoms with E-state index in [4.69, 9.17) is 14.6 Å². The van der Waals surface area contributed by atoms with Crippen molar-refractivity contribution < 1.29 is 47.6 Å². The molecule has 2 heterocycles. The van der Waals surface area contributed by atoms with Crippen molar-refractivity contribution in [3.63, 3.8) is 0 Å². The van der Waals surface area contributed by atoms with Gasteiger partial charge in [0, 0.05) is 26.1 Å². The molecule has 1 aliphatic rings. The highest BCUT2D eigenvalue weighted by Gasteiger charge is 2.39. The van der Waals surface area contributed by atoms with E-state index < -0.39 is 29.8 Å². The maximum absolute atomic E-state index is 11.2. The first-order chi connectivity index (χ1) is 13.0. The molecular formula is C14H21F3N4O7. The van der Waals surface area contributed by atoms with Crippen molar-refractivity contribution in [3.8, 4) is 0 Å². The highest BCUT2D eigenvalue weighted by atomic mass is 19.4. The van der Waals surface area contributed by atoms with Gasteiger partial charge in [0.1, 0.15) is 5.60 Å². The van der Waals surface area contributed by atoms with Crippen LogP contribution in [0, 0.1) is 0 Å². The summed E-state index contributed by atoms with van der Waals surface area (Å²) < 4.78 is 42.9. The lowest BCUT2D eigenvalue weighted by atomic mass is 9.96. The van der Waals surface area contributed by atoms with Crippen LogP contribution in [0.15, 0.2) is 6.20 Å². The molecular weight excluding hydrogens is 393 g/mol. The van der Waals surface area contributed by atoms with Crippen LogP contribution in [-0.4, -0.2) is 93.5 Å². The number of alkyl halides is 3. The first-order valence-electron chi connectivity index (χ1n) is 7.97. The third kappa shape index (κ3) is 7.38. The summed E-state index contributed by atoms with van der Waals surface area (Å²) in [5.41, 5.74) is -1.02. The van der Waals surface area contributed by atoms with Crippen LogP contribution >= 0.6 is 0 Å². The highest BCUT2D eigenvalue weighted by molar-refractivity contribution is 5.86. The molecule has 0 amide bonds. The van der Waals surface area contributed by atoms with Gasteiger partial charge >= 0.3 is 18.1 Å². The molecule has 28 heavy (non-hydrogen) atoms. The predicted octanol–water partition coefficient (Wildman–Crippen LogP) is -1.20. The number of methoxy groups -OCH3 is 1. The topological polar surface area (TPSA) is 156 Å². The number of ether oxygens (including phenoxy) is 2. The summed E-state index contributed by atoms with van der Waals surface area (Å²) in [4.78, 5) is 20.1. The molecule has 1 saturated heterocycles. The zero-order valence-corrected chi connectivity index (χ0v) is 14.8. The molecule has 0 bridgehead atoms. The maximum atomic E-state index is 11.2. The quantitative estimate of drug-likeness (QED) is 0.316. The Morgan fingerprint density at radius 3 is 2.64 bits per heavy atom. The molecule has 1 aromatic rings. The van der Waals surface area contributed by atoms with Crippen LogP contribution in [0.5, 0.6) is 0 Å². The first-order valence-corrected chi connectivity index (χ1v) is 7.97. The third-order valence-electron chi connectivity index (χ3n) is 3.68. The molecule has 2 rings (SSSR count). The van der Waals surface area contributed by atoms with Gasteiger partial charge in [0.2, 0.25) is 0 Å². The number of halogens is 3. The smallest absolute Gasteiger partial charge is 0.475 e. The minimum absolute atomic E-state index is 0.148. The Morgan fingerprint density at radius 1 is 1.50 bits per heavy atom. The summed E-state index contributed by atoms with van der Waals surface area (Å²) in [6, 6.07) is 0. The van der Waals surface area contributed by atoms with Crippen molar-refractivity contribution in [2.75, 3.05) is 33.4 Å². The second kappa shape index (κ2) is 10.3. The van der Waals surface area contributed by atoms with Crippen molar-refractivity contribution in [3.05, 3.63) is 11.9 Å². The minimum Gasteiger partial charge on any atom is -0.475 e. The molecule has 1 fully saturated rings. The van der Waals surface area contributed by atoms with Gasteiger partial charge in [0.05, 0.1) is 32.6 Å². The Balaban J connectivity index is 0.000000480. The Morgan fingerprint density at radius 2 is 2.14 bits per heavy atom. The third-order valence-corrected chi connectivity index (χ3v) is 3.68. The highest BCUT2D eigenvalue weighted by Crippen LogP contribution is 2.21. The molecule has 2 atom stereocenters. The molecule has 0 aliphatic carbocycles. The largest absolute Gasteiger partial charge is 0.490 e. The Labute approximate surface area is 157 Å². The van der Waals surface area contributed by atoms with Crippen LogP contribution in [0.1, 0.15) is 16.9 Å². The summed E-state index contributed by atoms with van der Waals surface area (Å²) >= 11 is 0. The number of hydrogen-bond acceptors (Lipinski definition) is 9. The van der Waals surface area contributed by atoms with Crippen molar-refractivity contribution in [1.82, 2.24) is 20.3 Å². The van der Waals surface area contributed by atoms with Crippen LogP contribution in [-0.2, 0) is 20.8 Å². The number of esters is 1. The van der Waals surface area contributed by atoms with Gasteiger partial charge in [-0.2, -0.15) is 13.2 Å². The number of carbonyl (C=O) groups is 2. The maximum Gasteiger partial charge on any atom is 0.490 e. The van der Waals surface area contributed by atoms with Crippen LogP contribution in [0.25, 0.3) is 0 Å². The van der Waals surface area contributed by atoms with Crippen LogP contribution < -0.4 is 5.32 Å². The van der Waals surface area contributed by atoms with E-state index in [1.165, 1.54) is 18.0 Å². The van der Waals surface area contributed by atoms with Gasteiger partial charge in [-0.05, 0) is 0 Å². The summed E-state index contributed by atoms with van der Waals surface area (Å²) in [7, 11) is 1.28. The molecule has 0 aromatic carbocycles. The Hall–Kier alpha value is -2.29. The van der Waals surface area contributed by atoms with Crippen molar-refractivity contribution in [2.24, 2.45) is 0 Å². The van der Waals surface area contributed by atoms with E-state index in [0.29, 0.717) is 26.1 Å². The molecule has 0 saturated carbocycles. The standard InChI is InChI=1S/C12H20N4O5.C2HF3O2/c1-20-11(18)9-7-16(15-14-9)4-3-13-6-10(17)12(19)2-5-21-8-12;3-2(4,5)1(6)7/h7,10,13,17,19H,2-6,8H2,1H3;(H,6,7). The molecule has 4 N–H and O–H groups in total. The number of aromatic nitrogens is 3. The van der Waals surface area contributed by atoms with Gasteiger partial charge in [-0.25, -0.2) is 9.59 Å². The van der Waals surface area contributed by atoms with Crippen LogP contribution in [0.4, 0.5) is 13.2 Å². The van der Waals surface area contributed by atoms with Crippen LogP contribution in [0.3, 0.4) is 0 Å². The van der Waals surface area contributed by atoms with Gasteiger partial charge in [-0.15, -0.1) is 5.10 Å². The Bertz CT molecular complexity index is 647. The number of nitrogens with one attached hydrogen (secondary N) is 1. The summed E-state index contributed by atoms with van der Waals surface area (Å²) in [5, 5.41) is 37.6. The van der Waals surface area contributed by atoms with Gasteiger partial charge in [0.25, 0.3) is 0 Å². The summed E-state index contributed by atoms with van der Waals surface area (Å²) in [6.07, 6.45) is -4.05. The fraction of sp³-hybridized carbons (Fsp3) is 0.714. The zero-order chi connectivity index (χ0) is 21.4. The number of hydrogen-bond donors (Lipinski definition) is 4. The van der Waals surface area contributed by atoms with E-state index in [-0.39, 0.29) is 18.8 Å². The second-order valence-corrected chi connectivity index (χ2v) is 5.79. The number of carboxylic acids is 1. The SMILES string of the molecule is COC(=O)c1cn(CCNCC(O)C2(O)CCOC2)nn1.O=C(O)C(F)(F)F. The van der Waals surface area contributed by atoms with Gasteiger partial charge in [-0.3, -0.25) is 4.68 Å². The van der Waals surface area contributed by atoms with E-state index in [9.17, 15) is 28.2 Å². The molecule has 11 nitrogen and oxygen atoms in total. The number of aliphatic hydroxyl groups is 2. The van der Waals surface area contributed by atoms with E-state index in [1.54, 1.807) is 0 Å². The lowest BCUT2D eigenvalue weighted by Crippen LogP contribution is -2.48. The van der Waals surface area contributed by atoms with Crippen molar-refractivity contribution >= 4 is 11.9 Å². The molecule has 14 heteroatoms. The molecule has 1 aliphatic heterocycles. The average molecular weight is 414 g/mol. The van der Waals surface area contributed by atoms with E-state index >= 15 is 0 Å². The Kier molecular flexibility index (Phi) is 8.74. The zero-order valence-electron chi connectivity index (χ0n) is 14.8. The van der Waals surface area contributed by atoms with Gasteiger partial charge < -0.3 is 30.1 Å². The fourth-order valence-corrected chi connectivity index (χ4v) is 2.06. The minimum atomic E-state index is -5.08. The summed E-state index contributed by atoms with van der Waals surface area (Å²) in [6.45, 7) is 1.85. The van der Waals surface area contributed by atoms with E-state index in [1.807, 2.05) is 0 Å². The first kappa shape index (κ1) is 23.7. The number of aliphatic carboxylic acids is 1. The lowest BCUT2D eigenvalue weighted by Gasteiger charge is -2.27. The molecule has 160 valence electrons. The molecule has 0 radical (unpaired) electrons. The van der Waals surface area contributed by atoms with Gasteiger partial charge in [0.15, 0.2) is 5.69 Å². The number of carboxylic acid groups (broad SMARTS) is 1. The molecule has 2 unspecified atom stereocenters. The second-order valence-electron chi connectivity index (χ2n) is 5.79. The van der Waals surface area contributed by atoms with Crippen molar-refractivity contribution in [2.45, 2.75) is 30.8 Å². The van der Waals surface area contributed by atoms with Crippen molar-refractivity contribution in [1.29, 1.82) is 0 Å². The number of carbonyl (C=O) groups excluding carboxylic acids is 1. The van der Waals surface area contributed by atoms with E-state index in [0.717, 1.165) is 0 Å². The predicted molar refractivity (Wildman–Crippen MR) is 84.3 cm³/mol. The monoisotopic (exact) mass is 414 g/mol.